The lowest BCUT2D eigenvalue weighted by Gasteiger charge is -2.18. The minimum absolute atomic E-state index is 0.319. The van der Waals surface area contributed by atoms with E-state index in [1.165, 1.54) is 5.56 Å². The van der Waals surface area contributed by atoms with Gasteiger partial charge in [0.2, 0.25) is 0 Å². The largest absolute Gasteiger partial charge is 0.487 e. The predicted molar refractivity (Wildman–Crippen MR) is 77.1 cm³/mol. The Hall–Kier alpha value is -1.87. The topological polar surface area (TPSA) is 34.1 Å². The van der Waals surface area contributed by atoms with Crippen molar-refractivity contribution >= 4 is 0 Å². The Morgan fingerprint density at radius 2 is 1.95 bits per heavy atom. The van der Waals surface area contributed by atoms with E-state index in [2.05, 4.69) is 23.3 Å². The van der Waals surface area contributed by atoms with Gasteiger partial charge < -0.3 is 10.1 Å². The number of rotatable bonds is 6. The van der Waals surface area contributed by atoms with Gasteiger partial charge in [-0.2, -0.15) is 0 Å². The molecule has 0 aliphatic heterocycles. The van der Waals surface area contributed by atoms with Gasteiger partial charge in [0.15, 0.2) is 0 Å². The van der Waals surface area contributed by atoms with Gasteiger partial charge in [0.25, 0.3) is 0 Å². The van der Waals surface area contributed by atoms with Gasteiger partial charge in [0.05, 0.1) is 5.69 Å². The summed E-state index contributed by atoms with van der Waals surface area (Å²) in [5.74, 6) is 0.925. The number of aromatic nitrogens is 1. The zero-order valence-corrected chi connectivity index (χ0v) is 11.5. The number of pyridine rings is 1. The van der Waals surface area contributed by atoms with E-state index in [0.29, 0.717) is 12.6 Å². The predicted octanol–water partition coefficient (Wildman–Crippen LogP) is 3.33. The van der Waals surface area contributed by atoms with Crippen molar-refractivity contribution in [1.82, 2.24) is 10.3 Å². The molecule has 0 saturated carbocycles. The third kappa shape index (κ3) is 3.55. The van der Waals surface area contributed by atoms with E-state index in [-0.39, 0.29) is 0 Å². The monoisotopic (exact) mass is 256 g/mol. The van der Waals surface area contributed by atoms with Gasteiger partial charge in [0, 0.05) is 17.8 Å². The van der Waals surface area contributed by atoms with E-state index in [0.717, 1.165) is 17.9 Å². The van der Waals surface area contributed by atoms with Crippen molar-refractivity contribution in [3.8, 4) is 5.75 Å². The molecule has 0 amide bonds. The molecule has 1 aromatic carbocycles. The second-order valence-corrected chi connectivity index (χ2v) is 4.40. The molecule has 0 saturated heterocycles. The molecule has 0 spiro atoms. The molecule has 1 unspecified atom stereocenters. The molecular weight excluding hydrogens is 236 g/mol. The number of benzene rings is 1. The standard InChI is InChI=1S/C16H20N2O/c1-3-15(17-2)14-9-4-5-10-16(14)19-12-13-8-6-7-11-18-13/h4-11,15,17H,3,12H2,1-2H3. The molecule has 2 aromatic rings. The molecule has 100 valence electrons. The molecule has 0 fully saturated rings. The molecule has 3 nitrogen and oxygen atoms in total. The van der Waals surface area contributed by atoms with Crippen LogP contribution < -0.4 is 10.1 Å². The smallest absolute Gasteiger partial charge is 0.130 e. The van der Waals surface area contributed by atoms with Crippen molar-refractivity contribution < 1.29 is 4.74 Å². The molecule has 3 heteroatoms. The first-order valence-corrected chi connectivity index (χ1v) is 6.64. The number of ether oxygens (including phenoxy) is 1. The van der Waals surface area contributed by atoms with Crippen molar-refractivity contribution in [3.05, 3.63) is 59.9 Å². The highest BCUT2D eigenvalue weighted by atomic mass is 16.5. The second-order valence-electron chi connectivity index (χ2n) is 4.40. The third-order valence-corrected chi connectivity index (χ3v) is 3.15. The van der Waals surface area contributed by atoms with E-state index < -0.39 is 0 Å². The maximum Gasteiger partial charge on any atom is 0.130 e. The van der Waals surface area contributed by atoms with Crippen molar-refractivity contribution in [2.75, 3.05) is 7.05 Å². The number of para-hydroxylation sites is 1. The SMILES string of the molecule is CCC(NC)c1ccccc1OCc1ccccn1. The summed E-state index contributed by atoms with van der Waals surface area (Å²) in [6, 6.07) is 14.3. The van der Waals surface area contributed by atoms with Crippen LogP contribution in [0, 0.1) is 0 Å². The zero-order chi connectivity index (χ0) is 13.5. The Labute approximate surface area is 114 Å². The molecular formula is C16H20N2O. The van der Waals surface area contributed by atoms with Crippen molar-refractivity contribution in [2.45, 2.75) is 26.0 Å². The first kappa shape index (κ1) is 13.6. The van der Waals surface area contributed by atoms with E-state index in [4.69, 9.17) is 4.74 Å². The van der Waals surface area contributed by atoms with Crippen molar-refractivity contribution in [2.24, 2.45) is 0 Å². The van der Waals surface area contributed by atoms with Crippen LogP contribution in [0.15, 0.2) is 48.7 Å². The summed E-state index contributed by atoms with van der Waals surface area (Å²) in [4.78, 5) is 4.27. The molecule has 1 heterocycles. The maximum atomic E-state index is 5.91. The lowest BCUT2D eigenvalue weighted by molar-refractivity contribution is 0.294. The van der Waals surface area contributed by atoms with Crippen LogP contribution in [0.3, 0.4) is 0 Å². The number of hydrogen-bond acceptors (Lipinski definition) is 3. The fraction of sp³-hybridized carbons (Fsp3) is 0.312. The Morgan fingerprint density at radius 1 is 1.16 bits per heavy atom. The Bertz CT molecular complexity index is 495. The van der Waals surface area contributed by atoms with Crippen molar-refractivity contribution in [3.63, 3.8) is 0 Å². The lowest BCUT2D eigenvalue weighted by atomic mass is 10.0. The first-order valence-electron chi connectivity index (χ1n) is 6.64. The Balaban J connectivity index is 2.12. The summed E-state index contributed by atoms with van der Waals surface area (Å²) in [5.41, 5.74) is 2.14. The average molecular weight is 256 g/mol. The highest BCUT2D eigenvalue weighted by Gasteiger charge is 2.12. The fourth-order valence-corrected chi connectivity index (χ4v) is 2.11. The van der Waals surface area contributed by atoms with Gasteiger partial charge in [0.1, 0.15) is 12.4 Å². The zero-order valence-electron chi connectivity index (χ0n) is 11.5. The van der Waals surface area contributed by atoms with E-state index >= 15 is 0 Å². The number of nitrogens with zero attached hydrogens (tertiary/aromatic N) is 1. The number of nitrogens with one attached hydrogen (secondary N) is 1. The summed E-state index contributed by atoms with van der Waals surface area (Å²) < 4.78 is 5.91. The van der Waals surface area contributed by atoms with Crippen LogP contribution >= 0.6 is 0 Å². The fourth-order valence-electron chi connectivity index (χ4n) is 2.11. The molecule has 1 aromatic heterocycles. The Kier molecular flexibility index (Phi) is 4.93. The summed E-state index contributed by atoms with van der Waals surface area (Å²) in [6.07, 6.45) is 2.81. The van der Waals surface area contributed by atoms with Gasteiger partial charge in [-0.25, -0.2) is 0 Å². The molecule has 19 heavy (non-hydrogen) atoms. The summed E-state index contributed by atoms with van der Waals surface area (Å²) in [6.45, 7) is 2.66. The summed E-state index contributed by atoms with van der Waals surface area (Å²) in [7, 11) is 1.98. The molecule has 0 aliphatic rings. The maximum absolute atomic E-state index is 5.91. The molecule has 2 rings (SSSR count). The van der Waals surface area contributed by atoms with Crippen LogP contribution in [0.4, 0.5) is 0 Å². The first-order chi connectivity index (χ1) is 9.35. The highest BCUT2D eigenvalue weighted by Crippen LogP contribution is 2.27. The van der Waals surface area contributed by atoms with Crippen LogP contribution in [-0.2, 0) is 6.61 Å². The summed E-state index contributed by atoms with van der Waals surface area (Å²) in [5, 5.41) is 3.31. The normalized spacial score (nSPS) is 12.1. The lowest BCUT2D eigenvalue weighted by Crippen LogP contribution is -2.16. The van der Waals surface area contributed by atoms with Gasteiger partial charge in [-0.1, -0.05) is 31.2 Å². The van der Waals surface area contributed by atoms with Gasteiger partial charge in [-0.05, 0) is 31.7 Å². The van der Waals surface area contributed by atoms with Crippen LogP contribution in [0.1, 0.15) is 30.6 Å². The van der Waals surface area contributed by atoms with Gasteiger partial charge >= 0.3 is 0 Å². The molecule has 0 radical (unpaired) electrons. The molecule has 0 bridgehead atoms. The molecule has 0 aliphatic carbocycles. The van der Waals surface area contributed by atoms with Crippen LogP contribution in [0.5, 0.6) is 5.75 Å². The van der Waals surface area contributed by atoms with E-state index in [1.54, 1.807) is 6.20 Å². The molecule has 1 N–H and O–H groups in total. The van der Waals surface area contributed by atoms with Crippen LogP contribution in [-0.4, -0.2) is 12.0 Å². The van der Waals surface area contributed by atoms with E-state index in [9.17, 15) is 0 Å². The van der Waals surface area contributed by atoms with E-state index in [1.807, 2.05) is 43.4 Å². The average Bonchev–Trinajstić information content (AvgIpc) is 2.48. The minimum atomic E-state index is 0.319. The summed E-state index contributed by atoms with van der Waals surface area (Å²) >= 11 is 0. The van der Waals surface area contributed by atoms with Crippen LogP contribution in [0.2, 0.25) is 0 Å². The van der Waals surface area contributed by atoms with Gasteiger partial charge in [-0.3, -0.25) is 4.98 Å². The second kappa shape index (κ2) is 6.90. The van der Waals surface area contributed by atoms with Crippen LogP contribution in [0.25, 0.3) is 0 Å². The quantitative estimate of drug-likeness (QED) is 0.860. The minimum Gasteiger partial charge on any atom is -0.487 e. The third-order valence-electron chi connectivity index (χ3n) is 3.15. The number of hydrogen-bond donors (Lipinski definition) is 1. The molecule has 1 atom stereocenters. The highest BCUT2D eigenvalue weighted by molar-refractivity contribution is 5.36. The van der Waals surface area contributed by atoms with Gasteiger partial charge in [-0.15, -0.1) is 0 Å². The van der Waals surface area contributed by atoms with Crippen molar-refractivity contribution in [1.29, 1.82) is 0 Å². The Morgan fingerprint density at radius 3 is 2.63 bits per heavy atom.